The first-order valence-electron chi connectivity index (χ1n) is 9.22. The van der Waals surface area contributed by atoms with Crippen molar-refractivity contribution in [3.63, 3.8) is 0 Å². The van der Waals surface area contributed by atoms with E-state index >= 15 is 0 Å². The van der Waals surface area contributed by atoms with Gasteiger partial charge in [0.2, 0.25) is 0 Å². The molecule has 1 amide bonds. The van der Waals surface area contributed by atoms with Gasteiger partial charge in [0.15, 0.2) is 17.6 Å². The van der Waals surface area contributed by atoms with Crippen molar-refractivity contribution < 1.29 is 23.8 Å². The van der Waals surface area contributed by atoms with Gasteiger partial charge in [0, 0.05) is 6.04 Å². The van der Waals surface area contributed by atoms with Crippen molar-refractivity contribution in [3.05, 3.63) is 59.7 Å². The second-order valence-corrected chi connectivity index (χ2v) is 6.55. The fraction of sp³-hybridized carbons (Fsp3) is 0.364. The molecule has 150 valence electrons. The van der Waals surface area contributed by atoms with Crippen LogP contribution in [0.2, 0.25) is 0 Å². The maximum absolute atomic E-state index is 12.3. The van der Waals surface area contributed by atoms with Gasteiger partial charge in [-0.15, -0.1) is 0 Å². The van der Waals surface area contributed by atoms with Crippen molar-refractivity contribution in [1.82, 2.24) is 5.32 Å². The number of nitrogens with one attached hydrogen (secondary N) is 1. The zero-order valence-corrected chi connectivity index (χ0v) is 16.7. The van der Waals surface area contributed by atoms with Gasteiger partial charge in [0.05, 0.1) is 19.8 Å². The van der Waals surface area contributed by atoms with E-state index in [1.54, 1.807) is 19.1 Å². The molecule has 0 aliphatic rings. The molecule has 0 aliphatic heterocycles. The molecule has 1 N–H and O–H groups in total. The molecule has 0 bridgehead atoms. The van der Waals surface area contributed by atoms with Crippen LogP contribution in [0.15, 0.2) is 48.5 Å². The molecule has 6 heteroatoms. The molecular weight excluding hydrogens is 358 g/mol. The Morgan fingerprint density at radius 1 is 0.964 bits per heavy atom. The lowest BCUT2D eigenvalue weighted by Gasteiger charge is -2.18. The van der Waals surface area contributed by atoms with Crippen LogP contribution < -0.4 is 14.8 Å². The van der Waals surface area contributed by atoms with Crippen LogP contribution in [0, 0.1) is 0 Å². The van der Waals surface area contributed by atoms with E-state index in [1.807, 2.05) is 25.1 Å². The first-order valence-corrected chi connectivity index (χ1v) is 9.22. The van der Waals surface area contributed by atoms with Crippen LogP contribution in [0.25, 0.3) is 0 Å². The van der Waals surface area contributed by atoms with E-state index in [2.05, 4.69) is 17.4 Å². The highest BCUT2D eigenvalue weighted by Crippen LogP contribution is 2.27. The zero-order chi connectivity index (χ0) is 20.5. The van der Waals surface area contributed by atoms with Crippen molar-refractivity contribution in [2.75, 3.05) is 14.2 Å². The molecule has 2 aromatic rings. The van der Waals surface area contributed by atoms with Crippen molar-refractivity contribution in [1.29, 1.82) is 0 Å². The van der Waals surface area contributed by atoms with E-state index in [-0.39, 0.29) is 17.5 Å². The number of ether oxygens (including phenoxy) is 3. The maximum Gasteiger partial charge on any atom is 0.339 e. The number of carbonyl (C=O) groups is 2. The highest BCUT2D eigenvalue weighted by molar-refractivity contribution is 5.92. The molecule has 6 nitrogen and oxygen atoms in total. The number of hydrogen-bond acceptors (Lipinski definition) is 5. The average molecular weight is 385 g/mol. The molecule has 2 atom stereocenters. The third kappa shape index (κ3) is 6.01. The largest absolute Gasteiger partial charge is 0.493 e. The molecule has 0 heterocycles. The summed E-state index contributed by atoms with van der Waals surface area (Å²) in [5, 5.41) is 2.89. The Morgan fingerprint density at radius 3 is 2.29 bits per heavy atom. The van der Waals surface area contributed by atoms with Gasteiger partial charge in [0.1, 0.15) is 0 Å². The number of methoxy groups -OCH3 is 2. The van der Waals surface area contributed by atoms with Gasteiger partial charge in [0.25, 0.3) is 5.91 Å². The Balaban J connectivity index is 1.86. The second kappa shape index (κ2) is 10.3. The smallest absolute Gasteiger partial charge is 0.339 e. The topological polar surface area (TPSA) is 73.9 Å². The summed E-state index contributed by atoms with van der Waals surface area (Å²) in [5.74, 6) is 0.00982. The van der Waals surface area contributed by atoms with Gasteiger partial charge in [-0.3, -0.25) is 4.79 Å². The summed E-state index contributed by atoms with van der Waals surface area (Å²) in [5.41, 5.74) is 1.51. The summed E-state index contributed by atoms with van der Waals surface area (Å²) in [6.07, 6.45) is 0.758. The third-order valence-electron chi connectivity index (χ3n) is 4.37. The molecule has 0 spiro atoms. The number of hydrogen-bond donors (Lipinski definition) is 1. The fourth-order valence-corrected chi connectivity index (χ4v) is 2.71. The summed E-state index contributed by atoms with van der Waals surface area (Å²) in [6.45, 7) is 3.49. The normalized spacial score (nSPS) is 12.6. The Kier molecular flexibility index (Phi) is 7.87. The van der Waals surface area contributed by atoms with Gasteiger partial charge >= 0.3 is 5.97 Å². The standard InChI is InChI=1S/C22H27NO5/c1-15(10-11-17-8-6-5-7-9-17)23-21(24)16(2)28-22(25)18-12-13-19(26-3)20(14-18)27-4/h5-9,12-16H,10-11H2,1-4H3,(H,23,24)/t15-,16+/m0/s1. The number of esters is 1. The van der Waals surface area contributed by atoms with Crippen LogP contribution in [-0.4, -0.2) is 38.2 Å². The van der Waals surface area contributed by atoms with E-state index in [4.69, 9.17) is 14.2 Å². The van der Waals surface area contributed by atoms with E-state index in [0.717, 1.165) is 12.8 Å². The van der Waals surface area contributed by atoms with Gasteiger partial charge < -0.3 is 19.5 Å². The van der Waals surface area contributed by atoms with Crippen LogP contribution in [0.3, 0.4) is 0 Å². The van der Waals surface area contributed by atoms with E-state index in [9.17, 15) is 9.59 Å². The highest BCUT2D eigenvalue weighted by atomic mass is 16.5. The van der Waals surface area contributed by atoms with Gasteiger partial charge in [-0.2, -0.15) is 0 Å². The number of aryl methyl sites for hydroxylation is 1. The summed E-state index contributed by atoms with van der Waals surface area (Å²) in [7, 11) is 3.00. The lowest BCUT2D eigenvalue weighted by Crippen LogP contribution is -2.41. The molecule has 0 radical (unpaired) electrons. The van der Waals surface area contributed by atoms with E-state index in [1.165, 1.54) is 25.8 Å². The Hall–Kier alpha value is -3.02. The van der Waals surface area contributed by atoms with Gasteiger partial charge in [-0.1, -0.05) is 30.3 Å². The monoisotopic (exact) mass is 385 g/mol. The highest BCUT2D eigenvalue weighted by Gasteiger charge is 2.21. The SMILES string of the molecule is COc1ccc(C(=O)O[C@H](C)C(=O)N[C@@H](C)CCc2ccccc2)cc1OC. The Morgan fingerprint density at radius 2 is 1.64 bits per heavy atom. The number of benzene rings is 2. The lowest BCUT2D eigenvalue weighted by atomic mass is 10.1. The molecule has 0 saturated carbocycles. The van der Waals surface area contributed by atoms with E-state index < -0.39 is 12.1 Å². The average Bonchev–Trinajstić information content (AvgIpc) is 2.72. The number of amides is 1. The fourth-order valence-electron chi connectivity index (χ4n) is 2.71. The van der Waals surface area contributed by atoms with Crippen LogP contribution in [0.1, 0.15) is 36.2 Å². The first-order chi connectivity index (χ1) is 13.4. The lowest BCUT2D eigenvalue weighted by molar-refractivity contribution is -0.129. The predicted molar refractivity (Wildman–Crippen MR) is 107 cm³/mol. The van der Waals surface area contributed by atoms with E-state index in [0.29, 0.717) is 11.5 Å². The molecule has 2 aromatic carbocycles. The van der Waals surface area contributed by atoms with Crippen molar-refractivity contribution in [3.8, 4) is 11.5 Å². The summed E-state index contributed by atoms with van der Waals surface area (Å²) >= 11 is 0. The minimum Gasteiger partial charge on any atom is -0.493 e. The summed E-state index contributed by atoms with van der Waals surface area (Å²) in [6, 6.07) is 14.8. The molecule has 28 heavy (non-hydrogen) atoms. The third-order valence-corrected chi connectivity index (χ3v) is 4.37. The van der Waals surface area contributed by atoms with Crippen LogP contribution in [0.5, 0.6) is 11.5 Å². The zero-order valence-electron chi connectivity index (χ0n) is 16.7. The number of carbonyl (C=O) groups excluding carboxylic acids is 2. The number of rotatable bonds is 9. The molecule has 0 aromatic heterocycles. The van der Waals surface area contributed by atoms with Crippen LogP contribution >= 0.6 is 0 Å². The van der Waals surface area contributed by atoms with Crippen LogP contribution in [-0.2, 0) is 16.0 Å². The molecule has 0 fully saturated rings. The second-order valence-electron chi connectivity index (χ2n) is 6.55. The van der Waals surface area contributed by atoms with Crippen molar-refractivity contribution >= 4 is 11.9 Å². The molecular formula is C22H27NO5. The van der Waals surface area contributed by atoms with Gasteiger partial charge in [-0.05, 0) is 50.5 Å². The summed E-state index contributed by atoms with van der Waals surface area (Å²) < 4.78 is 15.6. The van der Waals surface area contributed by atoms with Crippen molar-refractivity contribution in [2.24, 2.45) is 0 Å². The van der Waals surface area contributed by atoms with Crippen LogP contribution in [0.4, 0.5) is 0 Å². The minimum atomic E-state index is -0.903. The molecule has 2 rings (SSSR count). The first kappa shape index (κ1) is 21.3. The summed E-state index contributed by atoms with van der Waals surface area (Å²) in [4.78, 5) is 24.6. The molecule has 0 aliphatic carbocycles. The minimum absolute atomic E-state index is 0.0325. The van der Waals surface area contributed by atoms with Crippen molar-refractivity contribution in [2.45, 2.75) is 38.8 Å². The van der Waals surface area contributed by atoms with Gasteiger partial charge in [-0.25, -0.2) is 4.79 Å². The molecule has 0 unspecified atom stereocenters. The predicted octanol–water partition coefficient (Wildman–Crippen LogP) is 3.39. The molecule has 0 saturated heterocycles. The Labute approximate surface area is 165 Å². The maximum atomic E-state index is 12.3. The Bertz CT molecular complexity index is 791. The quantitative estimate of drug-likeness (QED) is 0.670.